The normalized spacial score (nSPS) is 20.2. The molecule has 3 amide bonds. The van der Waals surface area contributed by atoms with Gasteiger partial charge in [-0.25, -0.2) is 0 Å². The van der Waals surface area contributed by atoms with E-state index >= 15 is 0 Å². The Kier molecular flexibility index (Phi) is 5.93. The number of hydrogen-bond acceptors (Lipinski definition) is 6. The van der Waals surface area contributed by atoms with Gasteiger partial charge in [-0.15, -0.1) is 0 Å². The highest BCUT2D eigenvalue weighted by atomic mass is 16.2. The van der Waals surface area contributed by atoms with Crippen LogP contribution < -0.4 is 26.4 Å². The highest BCUT2D eigenvalue weighted by Gasteiger charge is 2.35. The molecule has 10 heteroatoms. The van der Waals surface area contributed by atoms with Crippen LogP contribution >= 0.6 is 0 Å². The van der Waals surface area contributed by atoms with Gasteiger partial charge in [-0.2, -0.15) is 4.98 Å². The lowest BCUT2D eigenvalue weighted by Crippen LogP contribution is -2.40. The maximum atomic E-state index is 13.0. The van der Waals surface area contributed by atoms with Crippen molar-refractivity contribution in [3.8, 4) is 0 Å². The molecule has 1 aromatic carbocycles. The fourth-order valence-corrected chi connectivity index (χ4v) is 4.18. The Labute approximate surface area is 184 Å². The van der Waals surface area contributed by atoms with Crippen LogP contribution in [0.3, 0.4) is 0 Å². The lowest BCUT2D eigenvalue weighted by molar-refractivity contribution is -0.123. The summed E-state index contributed by atoms with van der Waals surface area (Å²) in [6.45, 7) is 5.10. The lowest BCUT2D eigenvalue weighted by atomic mass is 9.92. The average Bonchev–Trinajstić information content (AvgIpc) is 2.73. The van der Waals surface area contributed by atoms with Crippen molar-refractivity contribution in [3.05, 3.63) is 40.2 Å². The SMILES string of the molecule is CC(=O)Nc1ccc(NC(=O)[C@H]2CC(=O)Nc3nc(N4CCC[C@@H](C)C4)[nH]c(=O)c32)cc1. The molecule has 2 aromatic rings. The second-order valence-electron chi connectivity index (χ2n) is 8.40. The minimum atomic E-state index is -0.959. The number of piperidine rings is 1. The molecule has 2 aliphatic heterocycles. The van der Waals surface area contributed by atoms with E-state index in [9.17, 15) is 19.2 Å². The Morgan fingerprint density at radius 3 is 2.47 bits per heavy atom. The van der Waals surface area contributed by atoms with Gasteiger partial charge in [0.1, 0.15) is 5.82 Å². The van der Waals surface area contributed by atoms with Crippen LogP contribution in [-0.4, -0.2) is 40.8 Å². The molecule has 32 heavy (non-hydrogen) atoms. The van der Waals surface area contributed by atoms with Crippen LogP contribution in [0.5, 0.6) is 0 Å². The molecule has 2 atom stereocenters. The van der Waals surface area contributed by atoms with Crippen molar-refractivity contribution in [1.29, 1.82) is 0 Å². The van der Waals surface area contributed by atoms with Gasteiger partial charge < -0.3 is 20.9 Å². The zero-order valence-electron chi connectivity index (χ0n) is 18.0. The first-order valence-electron chi connectivity index (χ1n) is 10.7. The van der Waals surface area contributed by atoms with Crippen molar-refractivity contribution >= 4 is 40.9 Å². The molecule has 4 N–H and O–H groups in total. The second kappa shape index (κ2) is 8.81. The van der Waals surface area contributed by atoms with Crippen molar-refractivity contribution in [2.24, 2.45) is 5.92 Å². The van der Waals surface area contributed by atoms with Gasteiger partial charge in [-0.1, -0.05) is 6.92 Å². The van der Waals surface area contributed by atoms with Crippen LogP contribution in [0.1, 0.15) is 44.6 Å². The first-order chi connectivity index (χ1) is 15.3. The van der Waals surface area contributed by atoms with Crippen LogP contribution in [0.15, 0.2) is 29.1 Å². The Morgan fingerprint density at radius 1 is 1.12 bits per heavy atom. The number of nitrogens with one attached hydrogen (secondary N) is 4. The second-order valence-corrected chi connectivity index (χ2v) is 8.40. The number of hydrogen-bond donors (Lipinski definition) is 4. The standard InChI is InChI=1S/C22H26N6O4/c1-12-4-3-9-28(11-12)22-26-19-18(21(32)27-22)16(10-17(30)25-19)20(31)24-15-7-5-14(6-8-15)23-13(2)29/h5-8,12,16H,3-4,9-11H2,1-2H3,(H,23,29)(H,24,31)(H2,25,26,27,30,32)/t12-,16+/m1/s1. The number of rotatable bonds is 4. The predicted molar refractivity (Wildman–Crippen MR) is 121 cm³/mol. The molecule has 1 saturated heterocycles. The number of aromatic amines is 1. The molecule has 0 aliphatic carbocycles. The van der Waals surface area contributed by atoms with Gasteiger partial charge in [0.25, 0.3) is 5.56 Å². The van der Waals surface area contributed by atoms with Crippen LogP contribution in [0.2, 0.25) is 0 Å². The van der Waals surface area contributed by atoms with E-state index in [1.165, 1.54) is 6.92 Å². The van der Waals surface area contributed by atoms with Crippen molar-refractivity contribution in [2.75, 3.05) is 33.9 Å². The summed E-state index contributed by atoms with van der Waals surface area (Å²) in [6, 6.07) is 6.57. The third-order valence-corrected chi connectivity index (χ3v) is 5.68. The Hall–Kier alpha value is -3.69. The molecule has 1 aromatic heterocycles. The Bertz CT molecular complexity index is 1110. The van der Waals surface area contributed by atoms with Gasteiger partial charge in [0.05, 0.1) is 11.5 Å². The summed E-state index contributed by atoms with van der Waals surface area (Å²) in [5.74, 6) is -0.962. The lowest BCUT2D eigenvalue weighted by Gasteiger charge is -2.32. The fourth-order valence-electron chi connectivity index (χ4n) is 4.18. The molecular weight excluding hydrogens is 412 g/mol. The van der Waals surface area contributed by atoms with E-state index in [-0.39, 0.29) is 29.6 Å². The third-order valence-electron chi connectivity index (χ3n) is 5.68. The molecule has 0 radical (unpaired) electrons. The first kappa shape index (κ1) is 21.5. The van der Waals surface area contributed by atoms with E-state index in [4.69, 9.17) is 0 Å². The summed E-state index contributed by atoms with van der Waals surface area (Å²) in [5.41, 5.74) is 0.813. The topological polar surface area (TPSA) is 136 Å². The fraction of sp³-hybridized carbons (Fsp3) is 0.409. The summed E-state index contributed by atoms with van der Waals surface area (Å²) in [7, 11) is 0. The Morgan fingerprint density at radius 2 is 1.81 bits per heavy atom. The number of H-pyrrole nitrogens is 1. The molecule has 3 heterocycles. The molecule has 0 saturated carbocycles. The van der Waals surface area contributed by atoms with Gasteiger partial charge in [-0.05, 0) is 43.0 Å². The number of anilines is 4. The van der Waals surface area contributed by atoms with Gasteiger partial charge in [0, 0.05) is 37.8 Å². The number of aromatic nitrogens is 2. The van der Waals surface area contributed by atoms with Crippen molar-refractivity contribution in [3.63, 3.8) is 0 Å². The average molecular weight is 438 g/mol. The maximum Gasteiger partial charge on any atom is 0.258 e. The highest BCUT2D eigenvalue weighted by molar-refractivity contribution is 6.04. The Balaban J connectivity index is 1.57. The monoisotopic (exact) mass is 438 g/mol. The summed E-state index contributed by atoms with van der Waals surface area (Å²) in [4.78, 5) is 58.6. The van der Waals surface area contributed by atoms with E-state index in [1.807, 2.05) is 4.90 Å². The molecule has 1 fully saturated rings. The van der Waals surface area contributed by atoms with Crippen LogP contribution in [0.25, 0.3) is 0 Å². The summed E-state index contributed by atoms with van der Waals surface area (Å²) in [5, 5.41) is 8.04. The largest absolute Gasteiger partial charge is 0.342 e. The number of fused-ring (bicyclic) bond motifs is 1. The van der Waals surface area contributed by atoms with Crippen molar-refractivity contribution < 1.29 is 14.4 Å². The van der Waals surface area contributed by atoms with E-state index in [1.54, 1.807) is 24.3 Å². The molecule has 0 bridgehead atoms. The maximum absolute atomic E-state index is 13.0. The summed E-state index contributed by atoms with van der Waals surface area (Å²) >= 11 is 0. The number of nitrogens with zero attached hydrogens (tertiary/aromatic N) is 2. The number of carbonyl (C=O) groups excluding carboxylic acids is 3. The van der Waals surface area contributed by atoms with E-state index < -0.39 is 17.4 Å². The molecule has 10 nitrogen and oxygen atoms in total. The zero-order valence-corrected chi connectivity index (χ0v) is 18.0. The van der Waals surface area contributed by atoms with Crippen LogP contribution in [-0.2, 0) is 14.4 Å². The minimum Gasteiger partial charge on any atom is -0.342 e. The first-order valence-corrected chi connectivity index (χ1v) is 10.7. The number of benzene rings is 1. The van der Waals surface area contributed by atoms with E-state index in [0.717, 1.165) is 25.9 Å². The summed E-state index contributed by atoms with van der Waals surface area (Å²) < 4.78 is 0. The van der Waals surface area contributed by atoms with Crippen LogP contribution in [0, 0.1) is 5.92 Å². The van der Waals surface area contributed by atoms with Gasteiger partial charge in [0.15, 0.2) is 0 Å². The van der Waals surface area contributed by atoms with Gasteiger partial charge in [-0.3, -0.25) is 24.2 Å². The van der Waals surface area contributed by atoms with Crippen molar-refractivity contribution in [1.82, 2.24) is 9.97 Å². The minimum absolute atomic E-state index is 0.138. The number of carbonyl (C=O) groups is 3. The quantitative estimate of drug-likeness (QED) is 0.577. The third kappa shape index (κ3) is 4.63. The molecule has 2 aliphatic rings. The van der Waals surface area contributed by atoms with E-state index in [0.29, 0.717) is 23.2 Å². The van der Waals surface area contributed by atoms with Crippen molar-refractivity contribution in [2.45, 2.75) is 39.0 Å². The number of amides is 3. The molecule has 168 valence electrons. The molecule has 4 rings (SSSR count). The molecule has 0 unspecified atom stereocenters. The highest BCUT2D eigenvalue weighted by Crippen LogP contribution is 2.31. The molecular formula is C22H26N6O4. The summed E-state index contributed by atoms with van der Waals surface area (Å²) in [6.07, 6.45) is 1.98. The van der Waals surface area contributed by atoms with Crippen LogP contribution in [0.4, 0.5) is 23.1 Å². The molecule has 0 spiro atoms. The zero-order chi connectivity index (χ0) is 22.8. The van der Waals surface area contributed by atoms with Gasteiger partial charge >= 0.3 is 0 Å². The smallest absolute Gasteiger partial charge is 0.258 e. The van der Waals surface area contributed by atoms with Gasteiger partial charge in [0.2, 0.25) is 23.7 Å². The van der Waals surface area contributed by atoms with E-state index in [2.05, 4.69) is 32.8 Å². The predicted octanol–water partition coefficient (Wildman–Crippen LogP) is 2.03.